The van der Waals surface area contributed by atoms with Crippen molar-refractivity contribution >= 4 is 0 Å². The maximum absolute atomic E-state index is 13.4. The zero-order valence-corrected chi connectivity index (χ0v) is 10.3. The molecule has 1 N–H and O–H groups in total. The molecule has 94 valence electrons. The Morgan fingerprint density at radius 3 is 2.82 bits per heavy atom. The maximum Gasteiger partial charge on any atom is 0.128 e. The topological polar surface area (TPSA) is 21.3 Å². The number of halogens is 1. The van der Waals surface area contributed by atoms with Gasteiger partial charge in [0.1, 0.15) is 5.82 Å². The molecule has 2 rings (SSSR count). The number of nitrogens with one attached hydrogen (secondary N) is 1. The molecule has 1 atom stereocenters. The van der Waals surface area contributed by atoms with Crippen molar-refractivity contribution in [2.75, 3.05) is 6.54 Å². The zero-order valence-electron chi connectivity index (χ0n) is 10.3. The molecule has 1 aromatic carbocycles. The van der Waals surface area contributed by atoms with Gasteiger partial charge in [-0.2, -0.15) is 0 Å². The normalized spacial score (nSPS) is 17.1. The average molecular weight is 237 g/mol. The number of hydrogen-bond acceptors (Lipinski definition) is 2. The maximum atomic E-state index is 13.4. The quantitative estimate of drug-likeness (QED) is 0.787. The first-order chi connectivity index (χ1) is 8.29. The number of benzene rings is 1. The van der Waals surface area contributed by atoms with Gasteiger partial charge in [0.25, 0.3) is 0 Å². The van der Waals surface area contributed by atoms with E-state index in [4.69, 9.17) is 4.74 Å². The SMILES string of the molecule is CCC(CNC1CC1)OCc1ccccc1F. The van der Waals surface area contributed by atoms with E-state index in [1.54, 1.807) is 12.1 Å². The highest BCUT2D eigenvalue weighted by atomic mass is 19.1. The Bertz CT molecular complexity index is 352. The highest BCUT2D eigenvalue weighted by Crippen LogP contribution is 2.19. The minimum absolute atomic E-state index is 0.176. The average Bonchev–Trinajstić information content (AvgIpc) is 3.15. The van der Waals surface area contributed by atoms with Crippen molar-refractivity contribution in [2.45, 2.75) is 44.9 Å². The highest BCUT2D eigenvalue weighted by Gasteiger charge is 2.21. The monoisotopic (exact) mass is 237 g/mol. The van der Waals surface area contributed by atoms with Crippen LogP contribution in [0.25, 0.3) is 0 Å². The summed E-state index contributed by atoms with van der Waals surface area (Å²) < 4.78 is 19.1. The van der Waals surface area contributed by atoms with E-state index in [-0.39, 0.29) is 11.9 Å². The van der Waals surface area contributed by atoms with E-state index in [9.17, 15) is 4.39 Å². The summed E-state index contributed by atoms with van der Waals surface area (Å²) in [5, 5.41) is 3.44. The Morgan fingerprint density at radius 2 is 2.18 bits per heavy atom. The smallest absolute Gasteiger partial charge is 0.128 e. The second kappa shape index (κ2) is 6.12. The molecule has 0 spiro atoms. The van der Waals surface area contributed by atoms with Crippen LogP contribution in [-0.2, 0) is 11.3 Å². The minimum atomic E-state index is -0.183. The van der Waals surface area contributed by atoms with Gasteiger partial charge < -0.3 is 10.1 Å². The van der Waals surface area contributed by atoms with E-state index in [1.807, 2.05) is 6.07 Å². The Balaban J connectivity index is 1.76. The molecule has 2 nitrogen and oxygen atoms in total. The lowest BCUT2D eigenvalue weighted by Gasteiger charge is -2.17. The fourth-order valence-electron chi connectivity index (χ4n) is 1.73. The molecule has 3 heteroatoms. The van der Waals surface area contributed by atoms with E-state index in [1.165, 1.54) is 18.9 Å². The first-order valence-electron chi connectivity index (χ1n) is 6.38. The van der Waals surface area contributed by atoms with Crippen LogP contribution in [0.2, 0.25) is 0 Å². The Hall–Kier alpha value is -0.930. The molecule has 1 aromatic rings. The molecule has 0 saturated heterocycles. The Kier molecular flexibility index (Phi) is 4.51. The summed E-state index contributed by atoms with van der Waals surface area (Å²) in [5.74, 6) is -0.183. The van der Waals surface area contributed by atoms with Crippen molar-refractivity contribution < 1.29 is 9.13 Å². The van der Waals surface area contributed by atoms with Crippen molar-refractivity contribution in [3.63, 3.8) is 0 Å². The summed E-state index contributed by atoms with van der Waals surface area (Å²) in [6.07, 6.45) is 3.69. The van der Waals surface area contributed by atoms with Crippen LogP contribution < -0.4 is 5.32 Å². The Labute approximate surface area is 102 Å². The van der Waals surface area contributed by atoms with Crippen molar-refractivity contribution in [2.24, 2.45) is 0 Å². The molecule has 0 aromatic heterocycles. The molecule has 0 aliphatic heterocycles. The minimum Gasteiger partial charge on any atom is -0.372 e. The fraction of sp³-hybridized carbons (Fsp3) is 0.571. The third-order valence-corrected chi connectivity index (χ3v) is 3.10. The second-order valence-electron chi connectivity index (χ2n) is 4.62. The van der Waals surface area contributed by atoms with E-state index >= 15 is 0 Å². The van der Waals surface area contributed by atoms with E-state index < -0.39 is 0 Å². The lowest BCUT2D eigenvalue weighted by atomic mass is 10.2. The van der Waals surface area contributed by atoms with Crippen LogP contribution in [0.3, 0.4) is 0 Å². The van der Waals surface area contributed by atoms with Crippen LogP contribution in [0.1, 0.15) is 31.7 Å². The number of ether oxygens (including phenoxy) is 1. The summed E-state index contributed by atoms with van der Waals surface area (Å²) >= 11 is 0. The van der Waals surface area contributed by atoms with Crippen LogP contribution in [0.4, 0.5) is 4.39 Å². The third kappa shape index (κ3) is 4.10. The van der Waals surface area contributed by atoms with Gasteiger partial charge in [0.15, 0.2) is 0 Å². The van der Waals surface area contributed by atoms with Crippen molar-refractivity contribution in [3.8, 4) is 0 Å². The van der Waals surface area contributed by atoms with Gasteiger partial charge in [-0.05, 0) is 25.3 Å². The first kappa shape index (κ1) is 12.5. The molecular weight excluding hydrogens is 217 g/mol. The van der Waals surface area contributed by atoms with Crippen LogP contribution in [0.15, 0.2) is 24.3 Å². The van der Waals surface area contributed by atoms with E-state index in [2.05, 4.69) is 12.2 Å². The largest absolute Gasteiger partial charge is 0.372 e. The lowest BCUT2D eigenvalue weighted by molar-refractivity contribution is 0.0367. The van der Waals surface area contributed by atoms with E-state index in [0.29, 0.717) is 18.2 Å². The summed E-state index contributed by atoms with van der Waals surface area (Å²) in [6, 6.07) is 7.48. The molecule has 17 heavy (non-hydrogen) atoms. The van der Waals surface area contributed by atoms with Crippen LogP contribution in [-0.4, -0.2) is 18.7 Å². The molecule has 0 amide bonds. The van der Waals surface area contributed by atoms with Crippen molar-refractivity contribution in [3.05, 3.63) is 35.6 Å². The lowest BCUT2D eigenvalue weighted by Crippen LogP contribution is -2.30. The summed E-state index contributed by atoms with van der Waals surface area (Å²) in [7, 11) is 0. The molecule has 0 radical (unpaired) electrons. The van der Waals surface area contributed by atoms with Gasteiger partial charge >= 0.3 is 0 Å². The van der Waals surface area contributed by atoms with Gasteiger partial charge in [-0.1, -0.05) is 25.1 Å². The Morgan fingerprint density at radius 1 is 1.41 bits per heavy atom. The molecule has 1 fully saturated rings. The van der Waals surface area contributed by atoms with Gasteiger partial charge in [-0.3, -0.25) is 0 Å². The summed E-state index contributed by atoms with van der Waals surface area (Å²) in [6.45, 7) is 3.33. The van der Waals surface area contributed by atoms with Gasteiger partial charge in [0, 0.05) is 18.2 Å². The second-order valence-corrected chi connectivity index (χ2v) is 4.62. The van der Waals surface area contributed by atoms with Gasteiger partial charge in [0.05, 0.1) is 12.7 Å². The number of hydrogen-bond donors (Lipinski definition) is 1. The predicted octanol–water partition coefficient (Wildman–Crippen LogP) is 2.87. The molecule has 1 unspecified atom stereocenters. The van der Waals surface area contributed by atoms with Crippen molar-refractivity contribution in [1.29, 1.82) is 0 Å². The van der Waals surface area contributed by atoms with Crippen LogP contribution in [0.5, 0.6) is 0 Å². The zero-order chi connectivity index (χ0) is 12.1. The predicted molar refractivity (Wildman–Crippen MR) is 66.3 cm³/mol. The molecule has 1 aliphatic rings. The summed E-state index contributed by atoms with van der Waals surface area (Å²) in [4.78, 5) is 0. The van der Waals surface area contributed by atoms with Gasteiger partial charge in [-0.25, -0.2) is 4.39 Å². The molecule has 1 aliphatic carbocycles. The first-order valence-corrected chi connectivity index (χ1v) is 6.38. The van der Waals surface area contributed by atoms with Gasteiger partial charge in [0.2, 0.25) is 0 Å². The fourth-order valence-corrected chi connectivity index (χ4v) is 1.73. The molecule has 0 bridgehead atoms. The van der Waals surface area contributed by atoms with Gasteiger partial charge in [-0.15, -0.1) is 0 Å². The van der Waals surface area contributed by atoms with Crippen molar-refractivity contribution in [1.82, 2.24) is 5.32 Å². The molecule has 1 saturated carbocycles. The number of rotatable bonds is 7. The summed E-state index contributed by atoms with van der Waals surface area (Å²) in [5.41, 5.74) is 0.636. The standard InChI is InChI=1S/C14H20FNO/c1-2-13(9-16-12-7-8-12)17-10-11-5-3-4-6-14(11)15/h3-6,12-13,16H,2,7-10H2,1H3. The molecule has 0 heterocycles. The molecular formula is C14H20FNO. The van der Waals surface area contributed by atoms with Crippen LogP contribution >= 0.6 is 0 Å². The van der Waals surface area contributed by atoms with Crippen LogP contribution in [0, 0.1) is 5.82 Å². The highest BCUT2D eigenvalue weighted by molar-refractivity contribution is 5.16. The third-order valence-electron chi connectivity index (χ3n) is 3.10. The van der Waals surface area contributed by atoms with E-state index in [0.717, 1.165) is 13.0 Å².